The van der Waals surface area contributed by atoms with Gasteiger partial charge in [0.1, 0.15) is 6.10 Å². The van der Waals surface area contributed by atoms with E-state index in [1.165, 1.54) is 6.42 Å². The van der Waals surface area contributed by atoms with Crippen LogP contribution in [0.2, 0.25) is 0 Å². The first-order chi connectivity index (χ1) is 7.72. The Bertz CT molecular complexity index is 340. The molecule has 4 heteroatoms. The van der Waals surface area contributed by atoms with Gasteiger partial charge in [-0.3, -0.25) is 0 Å². The summed E-state index contributed by atoms with van der Waals surface area (Å²) >= 11 is 0. The molecule has 0 N–H and O–H groups in total. The molecule has 2 rings (SSSR count). The molecule has 4 unspecified atom stereocenters. The van der Waals surface area contributed by atoms with Crippen LogP contribution < -0.4 is 0 Å². The Morgan fingerprint density at radius 2 is 1.94 bits per heavy atom. The van der Waals surface area contributed by atoms with Crippen LogP contribution >= 0.6 is 0 Å². The van der Waals surface area contributed by atoms with Crippen molar-refractivity contribution in [1.29, 1.82) is 0 Å². The molecule has 17 heavy (non-hydrogen) atoms. The maximum Gasteiger partial charge on any atom is 0.294 e. The summed E-state index contributed by atoms with van der Waals surface area (Å²) in [6.45, 7) is 11.0. The number of nitrogens with zero attached hydrogens (tertiary/aromatic N) is 1. The van der Waals surface area contributed by atoms with Crippen LogP contribution in [0, 0.1) is 38.7 Å². The van der Waals surface area contributed by atoms with Crippen molar-refractivity contribution >= 4 is 0 Å². The molecule has 0 spiro atoms. The molecular weight excluding hydrogens is 218 g/mol. The highest BCUT2D eigenvalue weighted by molar-refractivity contribution is 5.15. The molecule has 0 aliphatic heterocycles. The normalized spacial score (nSPS) is 43.1. The molecule has 2 fully saturated rings. The molecule has 98 valence electrons. The number of hydrogen-bond acceptors (Lipinski definition) is 3. The standard InChI is InChI=1S/C13H23NO3/c1-8(2)10-9-6-7-13(5,12(9,3)4)11(10)17-14(15)16/h8-11H,6-7H2,1-5H3. The van der Waals surface area contributed by atoms with E-state index in [1.807, 2.05) is 0 Å². The Morgan fingerprint density at radius 3 is 2.41 bits per heavy atom. The van der Waals surface area contributed by atoms with Gasteiger partial charge in [0.2, 0.25) is 0 Å². The van der Waals surface area contributed by atoms with Crippen molar-refractivity contribution in [3.8, 4) is 0 Å². The van der Waals surface area contributed by atoms with E-state index in [-0.39, 0.29) is 16.9 Å². The van der Waals surface area contributed by atoms with Gasteiger partial charge in [-0.25, -0.2) is 0 Å². The zero-order valence-corrected chi connectivity index (χ0v) is 11.4. The molecule has 2 bridgehead atoms. The highest BCUT2D eigenvalue weighted by atomic mass is 17.0. The van der Waals surface area contributed by atoms with Crippen molar-refractivity contribution in [3.63, 3.8) is 0 Å². The van der Waals surface area contributed by atoms with E-state index in [4.69, 9.17) is 4.84 Å². The SMILES string of the molecule is CC(C)C1C2CCC(C)(C1O[N+](=O)[O-])C2(C)C. The van der Waals surface area contributed by atoms with E-state index in [0.29, 0.717) is 17.8 Å². The predicted molar refractivity (Wildman–Crippen MR) is 64.8 cm³/mol. The summed E-state index contributed by atoms with van der Waals surface area (Å²) < 4.78 is 0. The van der Waals surface area contributed by atoms with Gasteiger partial charge in [0, 0.05) is 0 Å². The number of hydrogen-bond donors (Lipinski definition) is 0. The van der Waals surface area contributed by atoms with E-state index < -0.39 is 5.09 Å². The van der Waals surface area contributed by atoms with Crippen molar-refractivity contribution in [3.05, 3.63) is 10.1 Å². The van der Waals surface area contributed by atoms with Crippen LogP contribution in [0.3, 0.4) is 0 Å². The minimum Gasteiger partial charge on any atom is -0.310 e. The van der Waals surface area contributed by atoms with E-state index >= 15 is 0 Å². The molecule has 0 aromatic carbocycles. The van der Waals surface area contributed by atoms with Crippen LogP contribution in [0.1, 0.15) is 47.5 Å². The van der Waals surface area contributed by atoms with Crippen LogP contribution in [0.5, 0.6) is 0 Å². The monoisotopic (exact) mass is 241 g/mol. The third kappa shape index (κ3) is 1.49. The first-order valence-electron chi connectivity index (χ1n) is 6.53. The fourth-order valence-corrected chi connectivity index (χ4v) is 4.47. The fourth-order valence-electron chi connectivity index (χ4n) is 4.47. The highest BCUT2D eigenvalue weighted by Crippen LogP contribution is 2.69. The molecule has 2 saturated carbocycles. The molecule has 0 aromatic rings. The summed E-state index contributed by atoms with van der Waals surface area (Å²) in [5, 5.41) is 10.1. The minimum atomic E-state index is -0.595. The Kier molecular flexibility index (Phi) is 2.68. The smallest absolute Gasteiger partial charge is 0.294 e. The van der Waals surface area contributed by atoms with Crippen molar-refractivity contribution in [1.82, 2.24) is 0 Å². The van der Waals surface area contributed by atoms with Crippen molar-refractivity contribution in [2.75, 3.05) is 0 Å². The molecule has 2 aliphatic carbocycles. The van der Waals surface area contributed by atoms with Gasteiger partial charge in [0.05, 0.1) is 0 Å². The topological polar surface area (TPSA) is 52.4 Å². The highest BCUT2D eigenvalue weighted by Gasteiger charge is 2.67. The summed E-state index contributed by atoms with van der Waals surface area (Å²) in [5.74, 6) is 1.30. The lowest BCUT2D eigenvalue weighted by Crippen LogP contribution is -2.42. The van der Waals surface area contributed by atoms with Gasteiger partial charge >= 0.3 is 0 Å². The van der Waals surface area contributed by atoms with E-state index in [0.717, 1.165) is 6.42 Å². The second-order valence-corrected chi connectivity index (χ2v) is 6.86. The van der Waals surface area contributed by atoms with E-state index in [9.17, 15) is 10.1 Å². The maximum atomic E-state index is 10.7. The second kappa shape index (κ2) is 3.59. The summed E-state index contributed by atoms with van der Waals surface area (Å²) in [7, 11) is 0. The van der Waals surface area contributed by atoms with Crippen molar-refractivity contribution in [2.45, 2.75) is 53.6 Å². The Balaban J connectivity index is 2.38. The van der Waals surface area contributed by atoms with E-state index in [2.05, 4.69) is 34.6 Å². The Morgan fingerprint density at radius 1 is 1.35 bits per heavy atom. The molecule has 0 radical (unpaired) electrons. The first kappa shape index (κ1) is 12.7. The second-order valence-electron chi connectivity index (χ2n) is 6.86. The summed E-state index contributed by atoms with van der Waals surface area (Å²) in [4.78, 5) is 15.8. The van der Waals surface area contributed by atoms with Gasteiger partial charge in [-0.1, -0.05) is 34.6 Å². The lowest BCUT2D eigenvalue weighted by molar-refractivity contribution is -0.774. The number of rotatable bonds is 3. The number of fused-ring (bicyclic) bond motifs is 2. The minimum absolute atomic E-state index is 0.0559. The quantitative estimate of drug-likeness (QED) is 0.562. The zero-order valence-electron chi connectivity index (χ0n) is 11.4. The van der Waals surface area contributed by atoms with Crippen molar-refractivity contribution < 1.29 is 9.92 Å². The molecule has 2 aliphatic rings. The largest absolute Gasteiger partial charge is 0.310 e. The van der Waals surface area contributed by atoms with Gasteiger partial charge in [0.25, 0.3) is 5.09 Å². The van der Waals surface area contributed by atoms with Gasteiger partial charge in [-0.05, 0) is 41.4 Å². The molecule has 0 saturated heterocycles. The lowest BCUT2D eigenvalue weighted by atomic mass is 9.70. The molecular formula is C13H23NO3. The summed E-state index contributed by atoms with van der Waals surface area (Å²) in [6.07, 6.45) is 2.00. The Hall–Kier alpha value is -0.800. The average Bonchev–Trinajstić information content (AvgIpc) is 2.48. The first-order valence-corrected chi connectivity index (χ1v) is 6.53. The Labute approximate surface area is 103 Å². The van der Waals surface area contributed by atoms with Crippen LogP contribution in [0.15, 0.2) is 0 Å². The van der Waals surface area contributed by atoms with Crippen LogP contribution in [0.25, 0.3) is 0 Å². The molecule has 0 heterocycles. The summed E-state index contributed by atoms with van der Waals surface area (Å²) in [6, 6.07) is 0. The predicted octanol–water partition coefficient (Wildman–Crippen LogP) is 3.29. The van der Waals surface area contributed by atoms with Gasteiger partial charge in [-0.2, -0.15) is 0 Å². The average molecular weight is 241 g/mol. The van der Waals surface area contributed by atoms with Gasteiger partial charge < -0.3 is 4.84 Å². The third-order valence-electron chi connectivity index (χ3n) is 5.79. The van der Waals surface area contributed by atoms with Gasteiger partial charge in [-0.15, -0.1) is 10.1 Å². The summed E-state index contributed by atoms with van der Waals surface area (Å²) in [5.41, 5.74) is 0.0856. The van der Waals surface area contributed by atoms with Crippen LogP contribution in [-0.2, 0) is 4.84 Å². The maximum absolute atomic E-state index is 10.7. The van der Waals surface area contributed by atoms with Crippen LogP contribution in [-0.4, -0.2) is 11.2 Å². The van der Waals surface area contributed by atoms with E-state index in [1.54, 1.807) is 0 Å². The molecule has 4 nitrogen and oxygen atoms in total. The van der Waals surface area contributed by atoms with Crippen LogP contribution in [0.4, 0.5) is 0 Å². The third-order valence-corrected chi connectivity index (χ3v) is 5.79. The fraction of sp³-hybridized carbons (Fsp3) is 1.00. The van der Waals surface area contributed by atoms with Gasteiger partial charge in [0.15, 0.2) is 0 Å². The zero-order chi connectivity index (χ0) is 13.0. The molecule has 0 aromatic heterocycles. The molecule has 4 atom stereocenters. The van der Waals surface area contributed by atoms with Crippen molar-refractivity contribution in [2.24, 2.45) is 28.6 Å². The lowest BCUT2D eigenvalue weighted by Gasteiger charge is -2.39. The molecule has 0 amide bonds.